The van der Waals surface area contributed by atoms with Crippen LogP contribution in [-0.2, 0) is 6.42 Å². The first-order chi connectivity index (χ1) is 8.42. The lowest BCUT2D eigenvalue weighted by Crippen LogP contribution is -2.17. The second-order valence-electron chi connectivity index (χ2n) is 5.54. The Morgan fingerprint density at radius 3 is 2.22 bits per heavy atom. The van der Waals surface area contributed by atoms with Crippen molar-refractivity contribution >= 4 is 0 Å². The van der Waals surface area contributed by atoms with E-state index in [1.165, 1.54) is 22.3 Å². The maximum absolute atomic E-state index is 9.50. The number of aliphatic hydroxyl groups excluding tert-OH is 1. The first kappa shape index (κ1) is 15.0. The fourth-order valence-electron chi connectivity index (χ4n) is 2.41. The number of hydrogen-bond donors (Lipinski definition) is 1. The summed E-state index contributed by atoms with van der Waals surface area (Å²) in [5.74, 6) is 1.76. The third-order valence-electron chi connectivity index (χ3n) is 3.96. The fraction of sp³-hybridized carbons (Fsp3) is 0.625. The fourth-order valence-corrected chi connectivity index (χ4v) is 2.41. The van der Waals surface area contributed by atoms with Gasteiger partial charge in [-0.2, -0.15) is 0 Å². The third-order valence-corrected chi connectivity index (χ3v) is 3.96. The van der Waals surface area contributed by atoms with Gasteiger partial charge in [0.25, 0.3) is 0 Å². The van der Waals surface area contributed by atoms with E-state index in [9.17, 15) is 5.11 Å². The molecule has 1 aromatic carbocycles. The first-order valence-electron chi connectivity index (χ1n) is 6.66. The molecule has 0 amide bonds. The van der Waals surface area contributed by atoms with Crippen LogP contribution in [0, 0.1) is 32.6 Å². The van der Waals surface area contributed by atoms with Gasteiger partial charge in [-0.05, 0) is 61.3 Å². The number of aryl methyl sites for hydroxylation is 2. The van der Waals surface area contributed by atoms with Gasteiger partial charge in [0.1, 0.15) is 5.75 Å². The minimum atomic E-state index is 0.229. The Labute approximate surface area is 111 Å². The van der Waals surface area contributed by atoms with Gasteiger partial charge in [-0.3, -0.25) is 0 Å². The molecule has 0 fully saturated rings. The monoisotopic (exact) mass is 250 g/mol. The lowest BCUT2D eigenvalue weighted by Gasteiger charge is -2.23. The highest BCUT2D eigenvalue weighted by Gasteiger charge is 2.19. The molecule has 0 spiro atoms. The molecule has 1 rings (SSSR count). The molecule has 0 aliphatic carbocycles. The summed E-state index contributed by atoms with van der Waals surface area (Å²) < 4.78 is 5.58. The predicted molar refractivity (Wildman–Crippen MR) is 76.3 cm³/mol. The number of hydrogen-bond acceptors (Lipinski definition) is 2. The number of benzene rings is 1. The summed E-state index contributed by atoms with van der Waals surface area (Å²) in [4.78, 5) is 0. The zero-order chi connectivity index (χ0) is 13.9. The Kier molecular flexibility index (Phi) is 5.21. The van der Waals surface area contributed by atoms with Crippen LogP contribution in [0.3, 0.4) is 0 Å². The van der Waals surface area contributed by atoms with Gasteiger partial charge >= 0.3 is 0 Å². The lowest BCUT2D eigenvalue weighted by atomic mass is 9.86. The van der Waals surface area contributed by atoms with E-state index in [2.05, 4.69) is 40.7 Å². The summed E-state index contributed by atoms with van der Waals surface area (Å²) in [5, 5.41) is 9.50. The van der Waals surface area contributed by atoms with Gasteiger partial charge in [0, 0.05) is 6.61 Å². The Bertz CT molecular complexity index is 408. The van der Waals surface area contributed by atoms with Crippen LogP contribution in [-0.4, -0.2) is 18.8 Å². The Morgan fingerprint density at radius 2 is 1.78 bits per heavy atom. The molecule has 2 nitrogen and oxygen atoms in total. The van der Waals surface area contributed by atoms with Crippen LogP contribution >= 0.6 is 0 Å². The average molecular weight is 250 g/mol. The van der Waals surface area contributed by atoms with E-state index in [-0.39, 0.29) is 6.61 Å². The molecule has 0 aliphatic rings. The van der Waals surface area contributed by atoms with Crippen LogP contribution in [0.1, 0.15) is 36.1 Å². The van der Waals surface area contributed by atoms with Gasteiger partial charge in [0.05, 0.1) is 7.11 Å². The van der Waals surface area contributed by atoms with Crippen molar-refractivity contribution < 1.29 is 9.84 Å². The number of aliphatic hydroxyl groups is 1. The SMILES string of the molecule is COc1c(C)c(C)cc(C)c1CC(CO)C(C)C. The van der Waals surface area contributed by atoms with E-state index >= 15 is 0 Å². The summed E-state index contributed by atoms with van der Waals surface area (Å²) in [5.41, 5.74) is 4.97. The average Bonchev–Trinajstić information content (AvgIpc) is 2.31. The molecule has 1 aromatic rings. The van der Waals surface area contributed by atoms with Crippen molar-refractivity contribution in [1.82, 2.24) is 0 Å². The highest BCUT2D eigenvalue weighted by Crippen LogP contribution is 2.32. The topological polar surface area (TPSA) is 29.5 Å². The van der Waals surface area contributed by atoms with Crippen molar-refractivity contribution in [3.05, 3.63) is 28.3 Å². The van der Waals surface area contributed by atoms with Crippen molar-refractivity contribution in [3.63, 3.8) is 0 Å². The van der Waals surface area contributed by atoms with Crippen molar-refractivity contribution in [2.75, 3.05) is 13.7 Å². The van der Waals surface area contributed by atoms with E-state index in [1.807, 2.05) is 0 Å². The van der Waals surface area contributed by atoms with Gasteiger partial charge in [0.2, 0.25) is 0 Å². The van der Waals surface area contributed by atoms with Gasteiger partial charge < -0.3 is 9.84 Å². The van der Waals surface area contributed by atoms with Crippen LogP contribution in [0.2, 0.25) is 0 Å². The summed E-state index contributed by atoms with van der Waals surface area (Å²) >= 11 is 0. The van der Waals surface area contributed by atoms with E-state index in [0.29, 0.717) is 11.8 Å². The summed E-state index contributed by atoms with van der Waals surface area (Å²) in [6.45, 7) is 10.9. The standard InChI is InChI=1S/C16H26O2/c1-10(2)14(9-17)8-15-12(4)7-11(3)13(5)16(15)18-6/h7,10,14,17H,8-9H2,1-6H3. The summed E-state index contributed by atoms with van der Waals surface area (Å²) in [6.07, 6.45) is 0.879. The number of rotatable bonds is 5. The van der Waals surface area contributed by atoms with Crippen molar-refractivity contribution in [3.8, 4) is 5.75 Å². The molecule has 2 heteroatoms. The van der Waals surface area contributed by atoms with Crippen LogP contribution in [0.4, 0.5) is 0 Å². The first-order valence-corrected chi connectivity index (χ1v) is 6.66. The normalized spacial score (nSPS) is 12.9. The number of methoxy groups -OCH3 is 1. The summed E-state index contributed by atoms with van der Waals surface area (Å²) in [7, 11) is 1.73. The second kappa shape index (κ2) is 6.24. The van der Waals surface area contributed by atoms with Crippen LogP contribution in [0.15, 0.2) is 6.07 Å². The molecule has 102 valence electrons. The largest absolute Gasteiger partial charge is 0.496 e. The van der Waals surface area contributed by atoms with Crippen molar-refractivity contribution in [2.45, 2.75) is 41.0 Å². The zero-order valence-electron chi connectivity index (χ0n) is 12.5. The van der Waals surface area contributed by atoms with E-state index in [4.69, 9.17) is 4.74 Å². The predicted octanol–water partition coefficient (Wildman–Crippen LogP) is 3.43. The van der Waals surface area contributed by atoms with Crippen LogP contribution < -0.4 is 4.74 Å². The van der Waals surface area contributed by atoms with Gasteiger partial charge in [0.15, 0.2) is 0 Å². The van der Waals surface area contributed by atoms with Crippen LogP contribution in [0.5, 0.6) is 5.75 Å². The van der Waals surface area contributed by atoms with Crippen molar-refractivity contribution in [1.29, 1.82) is 0 Å². The van der Waals surface area contributed by atoms with E-state index in [0.717, 1.165) is 12.2 Å². The molecule has 0 bridgehead atoms. The molecule has 18 heavy (non-hydrogen) atoms. The van der Waals surface area contributed by atoms with Crippen molar-refractivity contribution in [2.24, 2.45) is 11.8 Å². The van der Waals surface area contributed by atoms with E-state index < -0.39 is 0 Å². The quantitative estimate of drug-likeness (QED) is 0.867. The minimum Gasteiger partial charge on any atom is -0.496 e. The molecule has 0 radical (unpaired) electrons. The van der Waals surface area contributed by atoms with E-state index in [1.54, 1.807) is 7.11 Å². The zero-order valence-corrected chi connectivity index (χ0v) is 12.5. The molecule has 0 heterocycles. The molecule has 1 unspecified atom stereocenters. The molecule has 0 saturated carbocycles. The third kappa shape index (κ3) is 3.05. The smallest absolute Gasteiger partial charge is 0.125 e. The van der Waals surface area contributed by atoms with Gasteiger partial charge in [-0.1, -0.05) is 19.9 Å². The second-order valence-corrected chi connectivity index (χ2v) is 5.54. The highest BCUT2D eigenvalue weighted by atomic mass is 16.5. The Balaban J connectivity index is 3.19. The molecule has 0 aromatic heterocycles. The Morgan fingerprint density at radius 1 is 1.17 bits per heavy atom. The molecule has 0 saturated heterocycles. The highest BCUT2D eigenvalue weighted by molar-refractivity contribution is 5.49. The minimum absolute atomic E-state index is 0.229. The molecular formula is C16H26O2. The molecular weight excluding hydrogens is 224 g/mol. The van der Waals surface area contributed by atoms with Crippen LogP contribution in [0.25, 0.3) is 0 Å². The maximum Gasteiger partial charge on any atom is 0.125 e. The Hall–Kier alpha value is -1.02. The molecule has 0 aliphatic heterocycles. The van der Waals surface area contributed by atoms with Gasteiger partial charge in [-0.15, -0.1) is 0 Å². The van der Waals surface area contributed by atoms with Gasteiger partial charge in [-0.25, -0.2) is 0 Å². The molecule has 1 N–H and O–H groups in total. The molecule has 1 atom stereocenters. The lowest BCUT2D eigenvalue weighted by molar-refractivity contribution is 0.188. The maximum atomic E-state index is 9.50. The summed E-state index contributed by atoms with van der Waals surface area (Å²) in [6, 6.07) is 2.21. The number of ether oxygens (including phenoxy) is 1.